The molecule has 2 rings (SSSR count). The van der Waals surface area contributed by atoms with Gasteiger partial charge in [0, 0.05) is 34.2 Å². The molecule has 1 aliphatic heterocycles. The lowest BCUT2D eigenvalue weighted by Gasteiger charge is -2.39. The van der Waals surface area contributed by atoms with Crippen LogP contribution in [0.15, 0.2) is 30.3 Å². The van der Waals surface area contributed by atoms with Crippen LogP contribution in [0.4, 0.5) is 0 Å². The number of carbonyl (C=O) groups is 4. The Labute approximate surface area is 250 Å². The highest BCUT2D eigenvalue weighted by Gasteiger charge is 2.42. The van der Waals surface area contributed by atoms with E-state index in [2.05, 4.69) is 5.32 Å². The average molecular weight is 591 g/mol. The van der Waals surface area contributed by atoms with Crippen LogP contribution in [0.2, 0.25) is 0 Å². The molecular formula is C31H50N4O7. The molecule has 1 unspecified atom stereocenters. The maximum absolute atomic E-state index is 13.7. The van der Waals surface area contributed by atoms with E-state index >= 15 is 0 Å². The quantitative estimate of drug-likeness (QED) is 0.278. The first-order chi connectivity index (χ1) is 20.0. The zero-order valence-corrected chi connectivity index (χ0v) is 26.2. The number of benzene rings is 1. The van der Waals surface area contributed by atoms with Gasteiger partial charge in [0.1, 0.15) is 6.04 Å². The molecule has 7 atom stereocenters. The predicted molar refractivity (Wildman–Crippen MR) is 159 cm³/mol. The summed E-state index contributed by atoms with van der Waals surface area (Å²) < 4.78 is 16.6. The molecule has 0 spiro atoms. The molecule has 1 fully saturated rings. The van der Waals surface area contributed by atoms with Gasteiger partial charge in [-0.05, 0) is 24.3 Å². The van der Waals surface area contributed by atoms with E-state index in [9.17, 15) is 19.2 Å². The number of nitrogens with zero attached hydrogens (tertiary/aromatic N) is 2. The van der Waals surface area contributed by atoms with E-state index in [1.54, 1.807) is 30.9 Å². The van der Waals surface area contributed by atoms with E-state index < -0.39 is 30.1 Å². The lowest BCUT2D eigenvalue weighted by molar-refractivity contribution is -0.148. The Morgan fingerprint density at radius 3 is 2.31 bits per heavy atom. The summed E-state index contributed by atoms with van der Waals surface area (Å²) >= 11 is 0. The van der Waals surface area contributed by atoms with Gasteiger partial charge in [-0.2, -0.15) is 0 Å². The Balaban J connectivity index is 2.19. The average Bonchev–Trinajstić information content (AvgIpc) is 3.49. The Bertz CT molecular complexity index is 1020. The minimum absolute atomic E-state index is 0.0721. The standard InChI is InChI=1S/C31H50N4O7/c1-8-20(2)28(34(4)27(37)19-32)25(40-5)18-26(36)35-16-12-15-24(35)29(41-6)21(3)30(38)33-23(31(39)42-7)17-22-13-10-9-11-14-22/h9-11,13-14,20-21,23-25,28-29H,8,12,15-19,32H2,1-7H3,(H,33,38)/t20-,21+,23-,24-,25+,28?,29+/m0/s1. The highest BCUT2D eigenvalue weighted by molar-refractivity contribution is 5.86. The fraction of sp³-hybridized carbons (Fsp3) is 0.677. The van der Waals surface area contributed by atoms with Crippen molar-refractivity contribution >= 4 is 23.7 Å². The molecule has 0 saturated carbocycles. The minimum atomic E-state index is -0.862. The fourth-order valence-electron chi connectivity index (χ4n) is 5.96. The summed E-state index contributed by atoms with van der Waals surface area (Å²) in [6, 6.07) is 7.86. The Kier molecular flexibility index (Phi) is 14.4. The van der Waals surface area contributed by atoms with Gasteiger partial charge in [0.15, 0.2) is 0 Å². The number of nitrogens with two attached hydrogens (primary N) is 1. The monoisotopic (exact) mass is 590 g/mol. The number of ether oxygens (including phenoxy) is 3. The van der Waals surface area contributed by atoms with Crippen LogP contribution in [-0.4, -0.2) is 105 Å². The number of likely N-dealkylation sites (tertiary alicyclic amines) is 1. The molecule has 0 bridgehead atoms. The van der Waals surface area contributed by atoms with E-state index in [0.717, 1.165) is 18.4 Å². The van der Waals surface area contributed by atoms with Gasteiger partial charge in [-0.1, -0.05) is 57.5 Å². The molecule has 11 heteroatoms. The number of hydrogen-bond acceptors (Lipinski definition) is 8. The zero-order valence-electron chi connectivity index (χ0n) is 26.2. The molecule has 0 aliphatic carbocycles. The van der Waals surface area contributed by atoms with Gasteiger partial charge >= 0.3 is 5.97 Å². The number of nitrogens with one attached hydrogen (secondary N) is 1. The lowest BCUT2D eigenvalue weighted by Crippen LogP contribution is -2.54. The maximum atomic E-state index is 13.7. The van der Waals surface area contributed by atoms with Crippen LogP contribution in [0, 0.1) is 11.8 Å². The topological polar surface area (TPSA) is 141 Å². The SMILES string of the molecule is CC[C@H](C)C([C@@H](CC(=O)N1CCC[C@H]1[C@H](OC)[C@@H](C)C(=O)N[C@@H](Cc1ccccc1)C(=O)OC)OC)N(C)C(=O)CN. The summed E-state index contributed by atoms with van der Waals surface area (Å²) in [5, 5.41) is 2.84. The smallest absolute Gasteiger partial charge is 0.328 e. The van der Waals surface area contributed by atoms with Crippen LogP contribution >= 0.6 is 0 Å². The summed E-state index contributed by atoms with van der Waals surface area (Å²) in [6.07, 6.45) is 1.46. The third kappa shape index (κ3) is 8.99. The van der Waals surface area contributed by atoms with Crippen LogP contribution in [0.1, 0.15) is 52.0 Å². The van der Waals surface area contributed by atoms with Crippen molar-refractivity contribution in [2.45, 2.75) is 83.2 Å². The summed E-state index contributed by atoms with van der Waals surface area (Å²) in [5.41, 5.74) is 6.52. The molecule has 3 N–H and O–H groups in total. The number of esters is 1. The van der Waals surface area contributed by atoms with Crippen LogP contribution in [0.25, 0.3) is 0 Å². The van der Waals surface area contributed by atoms with Gasteiger partial charge in [-0.15, -0.1) is 0 Å². The third-order valence-electron chi connectivity index (χ3n) is 8.56. The zero-order chi connectivity index (χ0) is 31.4. The van der Waals surface area contributed by atoms with Crippen molar-refractivity contribution in [1.82, 2.24) is 15.1 Å². The van der Waals surface area contributed by atoms with Crippen molar-refractivity contribution in [3.63, 3.8) is 0 Å². The van der Waals surface area contributed by atoms with E-state index in [4.69, 9.17) is 19.9 Å². The molecule has 236 valence electrons. The Morgan fingerprint density at radius 2 is 1.76 bits per heavy atom. The van der Waals surface area contributed by atoms with E-state index in [1.165, 1.54) is 14.2 Å². The van der Waals surface area contributed by atoms with Gasteiger partial charge < -0.3 is 35.1 Å². The van der Waals surface area contributed by atoms with Crippen molar-refractivity contribution in [1.29, 1.82) is 0 Å². The Morgan fingerprint density at radius 1 is 1.10 bits per heavy atom. The van der Waals surface area contributed by atoms with Crippen molar-refractivity contribution in [2.24, 2.45) is 17.6 Å². The number of amides is 3. The number of carbonyl (C=O) groups excluding carboxylic acids is 4. The first-order valence-corrected chi connectivity index (χ1v) is 14.8. The molecule has 11 nitrogen and oxygen atoms in total. The second-order valence-corrected chi connectivity index (χ2v) is 11.1. The molecular weight excluding hydrogens is 540 g/mol. The van der Waals surface area contributed by atoms with Crippen molar-refractivity contribution < 1.29 is 33.4 Å². The second kappa shape index (κ2) is 17.2. The normalized spacial score (nSPS) is 19.2. The molecule has 1 aromatic carbocycles. The Hall–Kier alpha value is -3.02. The first kappa shape index (κ1) is 35.2. The molecule has 1 heterocycles. The van der Waals surface area contributed by atoms with Crippen LogP contribution in [-0.2, 0) is 39.8 Å². The molecule has 0 radical (unpaired) electrons. The molecule has 0 aromatic heterocycles. The van der Waals surface area contributed by atoms with Gasteiger partial charge in [-0.25, -0.2) is 4.79 Å². The van der Waals surface area contributed by atoms with E-state index in [-0.39, 0.29) is 55.1 Å². The highest BCUT2D eigenvalue weighted by Crippen LogP contribution is 2.29. The minimum Gasteiger partial charge on any atom is -0.467 e. The summed E-state index contributed by atoms with van der Waals surface area (Å²) in [6.45, 7) is 6.20. The van der Waals surface area contributed by atoms with Crippen LogP contribution in [0.3, 0.4) is 0 Å². The number of likely N-dealkylation sites (N-methyl/N-ethyl adjacent to an activating group) is 1. The number of methoxy groups -OCH3 is 3. The summed E-state index contributed by atoms with van der Waals surface area (Å²) in [5.74, 6) is -1.82. The fourth-order valence-corrected chi connectivity index (χ4v) is 5.96. The van der Waals surface area contributed by atoms with Gasteiger partial charge in [0.2, 0.25) is 17.7 Å². The van der Waals surface area contributed by atoms with Crippen LogP contribution < -0.4 is 11.1 Å². The van der Waals surface area contributed by atoms with Crippen molar-refractivity contribution in [3.05, 3.63) is 35.9 Å². The number of hydrogen-bond donors (Lipinski definition) is 2. The third-order valence-corrected chi connectivity index (χ3v) is 8.56. The lowest BCUT2D eigenvalue weighted by atomic mass is 9.90. The van der Waals surface area contributed by atoms with Gasteiger partial charge in [0.25, 0.3) is 0 Å². The predicted octanol–water partition coefficient (Wildman–Crippen LogP) is 1.77. The summed E-state index contributed by atoms with van der Waals surface area (Å²) in [7, 11) is 6.06. The molecule has 1 aromatic rings. The molecule has 42 heavy (non-hydrogen) atoms. The van der Waals surface area contributed by atoms with Gasteiger partial charge in [0.05, 0.1) is 50.3 Å². The summed E-state index contributed by atoms with van der Waals surface area (Å²) in [4.78, 5) is 55.5. The van der Waals surface area contributed by atoms with Gasteiger partial charge in [-0.3, -0.25) is 14.4 Å². The number of rotatable bonds is 16. The first-order valence-electron chi connectivity index (χ1n) is 14.8. The van der Waals surface area contributed by atoms with E-state index in [1.807, 2.05) is 44.2 Å². The molecule has 1 saturated heterocycles. The van der Waals surface area contributed by atoms with Crippen molar-refractivity contribution in [3.8, 4) is 0 Å². The van der Waals surface area contributed by atoms with E-state index in [0.29, 0.717) is 13.0 Å². The van der Waals surface area contributed by atoms with Crippen LogP contribution in [0.5, 0.6) is 0 Å². The van der Waals surface area contributed by atoms with Crippen molar-refractivity contribution in [2.75, 3.05) is 41.5 Å². The molecule has 3 amide bonds. The highest BCUT2D eigenvalue weighted by atomic mass is 16.5. The second-order valence-electron chi connectivity index (χ2n) is 11.1. The maximum Gasteiger partial charge on any atom is 0.328 e. The largest absolute Gasteiger partial charge is 0.467 e. The molecule has 1 aliphatic rings.